The number of benzene rings is 1. The van der Waals surface area contributed by atoms with Crippen LogP contribution in [0.1, 0.15) is 12.0 Å². The summed E-state index contributed by atoms with van der Waals surface area (Å²) >= 11 is 0. The molecule has 0 spiro atoms. The molecule has 7 nitrogen and oxygen atoms in total. The van der Waals surface area contributed by atoms with Gasteiger partial charge in [0.2, 0.25) is 0 Å². The number of rotatable bonds is 6. The summed E-state index contributed by atoms with van der Waals surface area (Å²) in [5.41, 5.74) is 3.68. The molecule has 1 aromatic carbocycles. The van der Waals surface area contributed by atoms with Gasteiger partial charge in [-0.25, -0.2) is 9.07 Å². The van der Waals surface area contributed by atoms with E-state index in [0.717, 1.165) is 48.6 Å². The van der Waals surface area contributed by atoms with E-state index in [1.165, 1.54) is 16.8 Å². The molecule has 1 fully saturated rings. The zero-order chi connectivity index (χ0) is 19.5. The van der Waals surface area contributed by atoms with Crippen molar-refractivity contribution in [3.63, 3.8) is 0 Å². The highest BCUT2D eigenvalue weighted by Crippen LogP contribution is 2.23. The monoisotopic (exact) mass is 382 g/mol. The van der Waals surface area contributed by atoms with Gasteiger partial charge in [0.15, 0.2) is 0 Å². The summed E-state index contributed by atoms with van der Waals surface area (Å²) in [5.74, 6) is 0.255. The smallest absolute Gasteiger partial charge is 0.268 e. The van der Waals surface area contributed by atoms with Crippen LogP contribution in [0, 0.1) is 11.7 Å². The summed E-state index contributed by atoms with van der Waals surface area (Å²) in [6.45, 7) is 3.39. The standard InChI is InChI=1S/C20H23FN6O/c1-26-19(28)8-18(12-24-26)27-7-6-14(13-27)9-22-10-16-11-23-25-20(16)15-2-4-17(21)5-3-15/h2-5,8,11-12,14,22H,6-7,9-10,13H2,1H3,(H,23,25). The zero-order valence-corrected chi connectivity index (χ0v) is 15.7. The third kappa shape index (κ3) is 3.96. The average molecular weight is 382 g/mol. The second-order valence-electron chi connectivity index (χ2n) is 7.18. The number of aryl methyl sites for hydroxylation is 1. The fraction of sp³-hybridized carbons (Fsp3) is 0.350. The molecule has 1 aliphatic heterocycles. The molecule has 1 saturated heterocycles. The summed E-state index contributed by atoms with van der Waals surface area (Å²) in [4.78, 5) is 14.0. The molecule has 0 bridgehead atoms. The Hall–Kier alpha value is -3.00. The molecule has 0 amide bonds. The van der Waals surface area contributed by atoms with E-state index in [1.807, 2.05) is 0 Å². The molecule has 0 saturated carbocycles. The maximum absolute atomic E-state index is 13.1. The summed E-state index contributed by atoms with van der Waals surface area (Å²) in [6.07, 6.45) is 4.62. The van der Waals surface area contributed by atoms with E-state index < -0.39 is 0 Å². The molecule has 0 radical (unpaired) electrons. The van der Waals surface area contributed by atoms with Crippen molar-refractivity contribution in [3.05, 3.63) is 64.5 Å². The third-order valence-electron chi connectivity index (χ3n) is 5.20. The fourth-order valence-corrected chi connectivity index (χ4v) is 3.59. The maximum atomic E-state index is 13.1. The van der Waals surface area contributed by atoms with Crippen molar-refractivity contribution in [2.45, 2.75) is 13.0 Å². The van der Waals surface area contributed by atoms with Gasteiger partial charge in [0, 0.05) is 50.4 Å². The van der Waals surface area contributed by atoms with Gasteiger partial charge in [0.25, 0.3) is 5.56 Å². The van der Waals surface area contributed by atoms with Crippen LogP contribution in [-0.4, -0.2) is 39.6 Å². The first-order valence-corrected chi connectivity index (χ1v) is 9.37. The Bertz CT molecular complexity index is 996. The predicted octanol–water partition coefficient (Wildman–Crippen LogP) is 1.93. The lowest BCUT2D eigenvalue weighted by molar-refractivity contribution is 0.517. The highest BCUT2D eigenvalue weighted by molar-refractivity contribution is 5.62. The van der Waals surface area contributed by atoms with Gasteiger partial charge in [0.1, 0.15) is 5.82 Å². The Labute approximate surface area is 162 Å². The highest BCUT2D eigenvalue weighted by Gasteiger charge is 2.23. The normalized spacial score (nSPS) is 16.6. The SMILES string of the molecule is Cn1ncc(N2CCC(CNCc3cn[nH]c3-c3ccc(F)cc3)C2)cc1=O. The van der Waals surface area contributed by atoms with E-state index in [2.05, 4.69) is 25.5 Å². The minimum Gasteiger partial charge on any atom is -0.370 e. The molecule has 8 heteroatoms. The molecule has 3 heterocycles. The van der Waals surface area contributed by atoms with Gasteiger partial charge in [-0.1, -0.05) is 0 Å². The maximum Gasteiger partial charge on any atom is 0.268 e. The van der Waals surface area contributed by atoms with E-state index >= 15 is 0 Å². The second kappa shape index (κ2) is 7.93. The van der Waals surface area contributed by atoms with E-state index in [1.54, 1.807) is 37.6 Å². The van der Waals surface area contributed by atoms with Crippen LogP contribution in [0.4, 0.5) is 10.1 Å². The molecular formula is C20H23FN6O. The predicted molar refractivity (Wildman–Crippen MR) is 105 cm³/mol. The molecule has 3 aromatic rings. The Kier molecular flexibility index (Phi) is 5.21. The van der Waals surface area contributed by atoms with Crippen molar-refractivity contribution in [2.24, 2.45) is 13.0 Å². The summed E-state index contributed by atoms with van der Waals surface area (Å²) < 4.78 is 14.5. The van der Waals surface area contributed by atoms with Gasteiger partial charge in [-0.15, -0.1) is 0 Å². The van der Waals surface area contributed by atoms with Gasteiger partial charge < -0.3 is 10.2 Å². The quantitative estimate of drug-likeness (QED) is 0.681. The third-order valence-corrected chi connectivity index (χ3v) is 5.20. The molecule has 28 heavy (non-hydrogen) atoms. The lowest BCUT2D eigenvalue weighted by Gasteiger charge is -2.18. The van der Waals surface area contributed by atoms with Crippen LogP contribution < -0.4 is 15.8 Å². The van der Waals surface area contributed by atoms with Crippen molar-refractivity contribution >= 4 is 5.69 Å². The van der Waals surface area contributed by atoms with Gasteiger partial charge in [-0.3, -0.25) is 9.89 Å². The molecular weight excluding hydrogens is 359 g/mol. The fourth-order valence-electron chi connectivity index (χ4n) is 3.59. The minimum absolute atomic E-state index is 0.0904. The topological polar surface area (TPSA) is 78.8 Å². The van der Waals surface area contributed by atoms with Gasteiger partial charge in [0.05, 0.1) is 23.8 Å². The van der Waals surface area contributed by atoms with Crippen LogP contribution in [0.5, 0.6) is 0 Å². The first-order chi connectivity index (χ1) is 13.6. The molecule has 0 aliphatic carbocycles. The van der Waals surface area contributed by atoms with Crippen molar-refractivity contribution in [3.8, 4) is 11.3 Å². The molecule has 146 valence electrons. The van der Waals surface area contributed by atoms with Gasteiger partial charge >= 0.3 is 0 Å². The van der Waals surface area contributed by atoms with Crippen LogP contribution in [0.15, 0.2) is 47.5 Å². The van der Waals surface area contributed by atoms with Crippen molar-refractivity contribution in [1.29, 1.82) is 0 Å². The van der Waals surface area contributed by atoms with Crippen LogP contribution in [0.3, 0.4) is 0 Å². The van der Waals surface area contributed by atoms with E-state index in [-0.39, 0.29) is 11.4 Å². The van der Waals surface area contributed by atoms with E-state index in [0.29, 0.717) is 12.5 Å². The highest BCUT2D eigenvalue weighted by atomic mass is 19.1. The molecule has 2 aromatic heterocycles. The van der Waals surface area contributed by atoms with E-state index in [4.69, 9.17) is 0 Å². The minimum atomic E-state index is -0.250. The van der Waals surface area contributed by atoms with Crippen LogP contribution in [-0.2, 0) is 13.6 Å². The molecule has 2 N–H and O–H groups in total. The first-order valence-electron chi connectivity index (χ1n) is 9.37. The largest absolute Gasteiger partial charge is 0.370 e. The number of aromatic nitrogens is 4. The lowest BCUT2D eigenvalue weighted by Crippen LogP contribution is -2.28. The van der Waals surface area contributed by atoms with Gasteiger partial charge in [-0.05, 0) is 36.6 Å². The summed E-state index contributed by atoms with van der Waals surface area (Å²) in [5, 5.41) is 14.7. The Morgan fingerprint density at radius 2 is 2.11 bits per heavy atom. The Morgan fingerprint density at radius 3 is 2.89 bits per heavy atom. The Balaban J connectivity index is 1.32. The number of H-pyrrole nitrogens is 1. The van der Waals surface area contributed by atoms with E-state index in [9.17, 15) is 9.18 Å². The number of nitrogens with one attached hydrogen (secondary N) is 2. The molecule has 1 aliphatic rings. The molecule has 1 unspecified atom stereocenters. The molecule has 1 atom stereocenters. The van der Waals surface area contributed by atoms with Crippen molar-refractivity contribution in [1.82, 2.24) is 25.3 Å². The van der Waals surface area contributed by atoms with Crippen molar-refractivity contribution < 1.29 is 4.39 Å². The second-order valence-corrected chi connectivity index (χ2v) is 7.18. The van der Waals surface area contributed by atoms with Crippen molar-refractivity contribution in [2.75, 3.05) is 24.5 Å². The molecule has 4 rings (SSSR count). The summed E-state index contributed by atoms with van der Waals surface area (Å²) in [7, 11) is 1.65. The lowest BCUT2D eigenvalue weighted by atomic mass is 10.1. The van der Waals surface area contributed by atoms with Gasteiger partial charge in [-0.2, -0.15) is 10.2 Å². The van der Waals surface area contributed by atoms with Crippen LogP contribution in [0.2, 0.25) is 0 Å². The number of halogens is 1. The first kappa shape index (κ1) is 18.4. The number of anilines is 1. The zero-order valence-electron chi connectivity index (χ0n) is 15.7. The number of aromatic amines is 1. The Morgan fingerprint density at radius 1 is 1.29 bits per heavy atom. The summed E-state index contributed by atoms with van der Waals surface area (Å²) in [6, 6.07) is 8.04. The number of hydrogen-bond donors (Lipinski definition) is 2. The van der Waals surface area contributed by atoms with Crippen LogP contribution in [0.25, 0.3) is 11.3 Å². The number of nitrogens with zero attached hydrogens (tertiary/aromatic N) is 4. The van der Waals surface area contributed by atoms with Crippen LogP contribution >= 0.6 is 0 Å². The average Bonchev–Trinajstić information content (AvgIpc) is 3.35. The number of hydrogen-bond acceptors (Lipinski definition) is 5.